The number of nitriles is 3. The summed E-state index contributed by atoms with van der Waals surface area (Å²) in [6.07, 6.45) is 26.8. The van der Waals surface area contributed by atoms with Gasteiger partial charge in [0.25, 0.3) is 0 Å². The van der Waals surface area contributed by atoms with Crippen LogP contribution < -0.4 is 5.32 Å². The first-order valence-electron chi connectivity index (χ1n) is 49.7. The molecule has 9 fully saturated rings. The second-order valence-corrected chi connectivity index (χ2v) is 41.7. The van der Waals surface area contributed by atoms with Crippen LogP contribution in [0.2, 0.25) is 0 Å². The van der Waals surface area contributed by atoms with Gasteiger partial charge >= 0.3 is 18.1 Å². The van der Waals surface area contributed by atoms with Gasteiger partial charge in [-0.3, -0.25) is 34.0 Å². The van der Waals surface area contributed by atoms with Crippen LogP contribution in [0.1, 0.15) is 333 Å². The molecule has 1 N–H and O–H groups in total. The van der Waals surface area contributed by atoms with Gasteiger partial charge < -0.3 is 19.7 Å². The van der Waals surface area contributed by atoms with Crippen molar-refractivity contribution in [1.29, 1.82) is 15.8 Å². The van der Waals surface area contributed by atoms with Gasteiger partial charge in [-0.15, -0.1) is 0 Å². The molecule has 6 saturated heterocycles. The number of amides is 1. The molecule has 706 valence electrons. The standard InChI is InChI=1S/C15H21F3N2.2C15H21N3.C14H26O2.C13H23NO.C12H22N2.C12H22O2.C9H19N/c1-11(2)12-6-8-20(9-7-12)10-13-4-3-5-14(19-13)15(16,17)18;1-12(2)14-4-7-18(8-5-14)11-13-3-6-17-15(9-13)10-16;1-12(2)13-6-8-18(9-7-13)11-15-5-3-4-14(10-16)17-15;1-10(2)13-7-5-12(6-8-13)9-14(15)16-11(3)4;1-10(2)12-7-4-8-14(9-12)13(15)11-5-3-6-11;1-10(2)12-5-8-14(9-6-12)11(3)4-7-13;1-9(2)11-6-4-10(5-7-11)8-12(13)14-3;1-7(2)9-4-5-10-6-8(9)3/h3-5,11-12H,6-10H2,1-2H3;3,6,9,12,14H,4-5,7-8,11H2,1-2H3;3-5,12-13H,6-9,11H2,1-2H3;10-13H,5-9H2,1-4H3;10-12H,3-9H2,1-2H3;10-12H,4-6,8-9H2,1-3H3;9-11H,4-8H2,1-3H3;7-10H,4-6H2,1-3H3/t;;;;12-;;;/m....1.../s1. The zero-order valence-corrected chi connectivity index (χ0v) is 82.3. The predicted octanol–water partition coefficient (Wildman–Crippen LogP) is 23.6. The van der Waals surface area contributed by atoms with Crippen LogP contribution in [0.15, 0.2) is 54.7 Å². The Morgan fingerprint density at radius 2 is 0.928 bits per heavy atom. The average Bonchev–Trinajstić information content (AvgIpc) is 0.840. The third-order valence-electron chi connectivity index (χ3n) is 29.4. The monoisotopic (exact) mass is 1740 g/mol. The molecule has 17 nitrogen and oxygen atoms in total. The second-order valence-electron chi connectivity index (χ2n) is 41.7. The number of nitrogens with zero attached hydrogens (tertiary/aromatic N) is 11. The molecule has 0 bridgehead atoms. The van der Waals surface area contributed by atoms with Crippen molar-refractivity contribution in [3.05, 3.63) is 88.8 Å². The molecule has 6 aliphatic heterocycles. The number of nitrogens with one attached hydrogen (secondary N) is 1. The quantitative estimate of drug-likeness (QED) is 0.0928. The molecule has 125 heavy (non-hydrogen) atoms. The SMILES string of the molecule is CC(C)C1CCN(C(C)CC#N)CC1.CC(C)C1CCN(Cc2cccc(C#N)n2)CC1.CC(C)C1CCN(Cc2cccc(C(F)(F)F)n2)CC1.CC(C)C1CCN(Cc2ccnc(C#N)c2)CC1.CC(C)C1CCNCC1C.CC(C)OC(=O)CC1CCC(C(C)C)CC1.CC(C)[C@@H]1CCCN(C(=O)C2CCC2)C1.COC(=O)CC1CCC(C(C)C)CC1. The number of halogens is 3. The Bertz CT molecular complexity index is 3490. The zero-order chi connectivity index (χ0) is 92.3. The molecule has 3 aromatic rings. The van der Waals surface area contributed by atoms with E-state index >= 15 is 0 Å². The summed E-state index contributed by atoms with van der Waals surface area (Å²) in [4.78, 5) is 58.5. The zero-order valence-electron chi connectivity index (χ0n) is 82.3. The first-order valence-corrected chi connectivity index (χ1v) is 49.7. The summed E-state index contributed by atoms with van der Waals surface area (Å²) in [5.41, 5.74) is 2.95. The van der Waals surface area contributed by atoms with Gasteiger partial charge in [0.1, 0.15) is 29.2 Å². The van der Waals surface area contributed by atoms with Crippen molar-refractivity contribution in [1.82, 2.24) is 44.8 Å². The van der Waals surface area contributed by atoms with E-state index in [2.05, 4.69) is 192 Å². The summed E-state index contributed by atoms with van der Waals surface area (Å²) < 4.78 is 47.7. The number of pyridine rings is 3. The Hall–Kier alpha value is -6.08. The normalized spacial score (nSPS) is 23.2. The van der Waals surface area contributed by atoms with Gasteiger partial charge in [-0.1, -0.05) is 136 Å². The van der Waals surface area contributed by atoms with Crippen molar-refractivity contribution in [2.75, 3.05) is 85.6 Å². The minimum absolute atomic E-state index is 0.0111. The second kappa shape index (κ2) is 58.6. The number of carbonyl (C=O) groups excluding carboxylic acids is 3. The van der Waals surface area contributed by atoms with Crippen molar-refractivity contribution in [2.45, 2.75) is 337 Å². The van der Waals surface area contributed by atoms with E-state index in [0.29, 0.717) is 78.5 Å². The van der Waals surface area contributed by atoms with E-state index in [4.69, 9.17) is 20.5 Å². The van der Waals surface area contributed by atoms with Crippen LogP contribution >= 0.6 is 0 Å². The summed E-state index contributed by atoms with van der Waals surface area (Å²) in [5.74, 6) is 16.0. The average molecular weight is 1740 g/mol. The minimum atomic E-state index is -4.36. The van der Waals surface area contributed by atoms with Gasteiger partial charge in [-0.05, 0) is 375 Å². The topological polar surface area (TPSA) is 208 Å². The molecule has 4 atom stereocenters. The number of ether oxygens (including phenoxy) is 2. The highest BCUT2D eigenvalue weighted by atomic mass is 19.4. The summed E-state index contributed by atoms with van der Waals surface area (Å²) in [6.45, 7) is 60.9. The lowest BCUT2D eigenvalue weighted by molar-refractivity contribution is -0.149. The Labute approximate surface area is 759 Å². The Balaban J connectivity index is 0.000000255. The molecule has 9 heterocycles. The van der Waals surface area contributed by atoms with Crippen LogP contribution in [0.5, 0.6) is 0 Å². The largest absolute Gasteiger partial charge is 0.469 e. The lowest BCUT2D eigenvalue weighted by Crippen LogP contribution is -2.45. The molecule has 0 radical (unpaired) electrons. The van der Waals surface area contributed by atoms with Crippen LogP contribution in [0.4, 0.5) is 13.2 Å². The fourth-order valence-corrected chi connectivity index (χ4v) is 20.0. The molecule has 9 aliphatic rings. The third-order valence-corrected chi connectivity index (χ3v) is 29.4. The highest BCUT2D eigenvalue weighted by Gasteiger charge is 2.36. The number of carbonyl (C=O) groups is 3. The number of esters is 2. The highest BCUT2D eigenvalue weighted by Crippen LogP contribution is 2.39. The van der Waals surface area contributed by atoms with Crippen LogP contribution in [-0.4, -0.2) is 155 Å². The van der Waals surface area contributed by atoms with E-state index in [9.17, 15) is 27.6 Å². The smallest absolute Gasteiger partial charge is 0.433 e. The van der Waals surface area contributed by atoms with Crippen molar-refractivity contribution in [3.8, 4) is 18.2 Å². The van der Waals surface area contributed by atoms with Crippen molar-refractivity contribution < 1.29 is 37.0 Å². The van der Waals surface area contributed by atoms with Gasteiger partial charge in [0.05, 0.1) is 37.1 Å². The summed E-state index contributed by atoms with van der Waals surface area (Å²) in [6, 6.07) is 20.6. The van der Waals surface area contributed by atoms with Crippen molar-refractivity contribution in [3.63, 3.8) is 0 Å². The predicted molar refractivity (Wildman–Crippen MR) is 504 cm³/mol. The van der Waals surface area contributed by atoms with Gasteiger partial charge in [0.15, 0.2) is 0 Å². The Kier molecular flexibility index (Phi) is 51.3. The number of hydrogen-bond acceptors (Lipinski definition) is 16. The van der Waals surface area contributed by atoms with Gasteiger partial charge in [0.2, 0.25) is 5.91 Å². The van der Waals surface area contributed by atoms with E-state index in [0.717, 1.165) is 184 Å². The molecule has 1 amide bonds. The van der Waals surface area contributed by atoms with Crippen LogP contribution in [0, 0.1) is 152 Å². The fraction of sp³-hybridized carbons (Fsp3) is 0.800. The molecule has 3 aliphatic carbocycles. The van der Waals surface area contributed by atoms with E-state index in [1.807, 2.05) is 38.1 Å². The first kappa shape index (κ1) is 109. The van der Waals surface area contributed by atoms with Crippen molar-refractivity contribution >= 4 is 17.8 Å². The molecule has 20 heteroatoms. The van der Waals surface area contributed by atoms with E-state index in [1.54, 1.807) is 18.3 Å². The summed E-state index contributed by atoms with van der Waals surface area (Å²) in [5, 5.41) is 29.7. The molecule has 0 spiro atoms. The maximum absolute atomic E-state index is 12.6. The fourth-order valence-electron chi connectivity index (χ4n) is 20.0. The number of rotatable bonds is 22. The molecular formula is C105H175F3N12O5. The van der Waals surface area contributed by atoms with Gasteiger partial charge in [-0.2, -0.15) is 29.0 Å². The van der Waals surface area contributed by atoms with Gasteiger partial charge in [-0.25, -0.2) is 15.0 Å². The molecule has 3 unspecified atom stereocenters. The minimum Gasteiger partial charge on any atom is -0.469 e. The Morgan fingerprint density at radius 1 is 0.488 bits per heavy atom. The number of alkyl halides is 3. The summed E-state index contributed by atoms with van der Waals surface area (Å²) in [7, 11) is 1.47. The third kappa shape index (κ3) is 42.1. The highest BCUT2D eigenvalue weighted by molar-refractivity contribution is 5.79. The van der Waals surface area contributed by atoms with Gasteiger partial charge in [0, 0.05) is 63.7 Å². The first-order chi connectivity index (χ1) is 59.4. The maximum Gasteiger partial charge on any atom is 0.433 e. The number of methoxy groups -OCH3 is 1. The van der Waals surface area contributed by atoms with Crippen LogP contribution in [-0.2, 0) is 49.7 Å². The van der Waals surface area contributed by atoms with E-state index in [-0.39, 0.29) is 18.0 Å². The lowest BCUT2D eigenvalue weighted by atomic mass is 9.76. The molecule has 3 saturated carbocycles. The number of likely N-dealkylation sites (tertiary alicyclic amines) is 5. The van der Waals surface area contributed by atoms with E-state index in [1.165, 1.54) is 174 Å². The molecule has 0 aromatic carbocycles. The number of hydrogen-bond donors (Lipinski definition) is 1. The molecule has 3 aromatic heterocycles. The number of aromatic nitrogens is 3. The molecular weight excluding hydrogens is 1570 g/mol. The lowest BCUT2D eigenvalue weighted by Gasteiger charge is -2.38. The van der Waals surface area contributed by atoms with E-state index < -0.39 is 11.9 Å². The Morgan fingerprint density at radius 3 is 1.33 bits per heavy atom. The molecule has 12 rings (SSSR count). The maximum atomic E-state index is 12.6. The van der Waals surface area contributed by atoms with Crippen LogP contribution in [0.25, 0.3) is 0 Å². The van der Waals surface area contributed by atoms with Crippen LogP contribution in [0.3, 0.4) is 0 Å². The number of piperidine rings is 6. The van der Waals surface area contributed by atoms with Crippen molar-refractivity contribution in [2.24, 2.45) is 118 Å². The summed E-state index contributed by atoms with van der Waals surface area (Å²) >= 11 is 0.